The summed E-state index contributed by atoms with van der Waals surface area (Å²) in [7, 11) is 0. The third-order valence-electron chi connectivity index (χ3n) is 2.68. The van der Waals surface area contributed by atoms with E-state index in [1.807, 2.05) is 0 Å². The van der Waals surface area contributed by atoms with Crippen molar-refractivity contribution >= 4 is 0 Å². The van der Waals surface area contributed by atoms with E-state index < -0.39 is 12.7 Å². The van der Waals surface area contributed by atoms with Crippen molar-refractivity contribution in [3.8, 4) is 0 Å². The predicted octanol–water partition coefficient (Wildman–Crippen LogP) is 2.30. The van der Waals surface area contributed by atoms with Gasteiger partial charge in [0.2, 0.25) is 0 Å². The molecule has 0 unspecified atom stereocenters. The third-order valence-corrected chi connectivity index (χ3v) is 2.68. The molecule has 1 fully saturated rings. The maximum Gasteiger partial charge on any atom is 0.401 e. The smallest absolute Gasteiger partial charge is 0.401 e. The van der Waals surface area contributed by atoms with E-state index in [9.17, 15) is 13.2 Å². The molecule has 1 heterocycles. The molecule has 0 spiro atoms. The second kappa shape index (κ2) is 4.70. The lowest BCUT2D eigenvalue weighted by Gasteiger charge is -2.22. The molecule has 96 valence electrons. The van der Waals surface area contributed by atoms with Gasteiger partial charge >= 0.3 is 6.18 Å². The van der Waals surface area contributed by atoms with Crippen LogP contribution >= 0.6 is 0 Å². The average molecular weight is 249 g/mol. The first kappa shape index (κ1) is 12.4. The lowest BCUT2D eigenvalue weighted by atomic mass is 10.3. The molecule has 1 N–H and O–H groups in total. The minimum atomic E-state index is -4.19. The standard InChI is InChI=1S/C11H14F3NO2/c12-11(13,14)7-15(8-1-2-8)5-9-3-4-10(6-16)17-9/h3-4,8,16H,1-2,5-7H2. The normalized spacial score (nSPS) is 16.8. The van der Waals surface area contributed by atoms with Crippen molar-refractivity contribution in [1.82, 2.24) is 4.90 Å². The molecular weight excluding hydrogens is 235 g/mol. The summed E-state index contributed by atoms with van der Waals surface area (Å²) in [5, 5.41) is 8.81. The fraction of sp³-hybridized carbons (Fsp3) is 0.636. The van der Waals surface area contributed by atoms with Crippen LogP contribution in [0.15, 0.2) is 16.5 Å². The number of furan rings is 1. The van der Waals surface area contributed by atoms with Crippen molar-refractivity contribution in [3.63, 3.8) is 0 Å². The Labute approximate surface area is 96.8 Å². The number of rotatable bonds is 5. The highest BCUT2D eigenvalue weighted by Gasteiger charge is 2.38. The Hall–Kier alpha value is -1.01. The quantitative estimate of drug-likeness (QED) is 0.869. The number of aliphatic hydroxyl groups is 1. The van der Waals surface area contributed by atoms with E-state index in [-0.39, 0.29) is 19.2 Å². The fourth-order valence-electron chi connectivity index (χ4n) is 1.78. The Morgan fingerprint density at radius 3 is 2.41 bits per heavy atom. The zero-order valence-electron chi connectivity index (χ0n) is 9.20. The third kappa shape index (κ3) is 3.74. The van der Waals surface area contributed by atoms with Gasteiger partial charge in [-0.3, -0.25) is 4.90 Å². The molecule has 3 nitrogen and oxygen atoms in total. The Morgan fingerprint density at radius 2 is 1.94 bits per heavy atom. The molecule has 0 radical (unpaired) electrons. The van der Waals surface area contributed by atoms with Crippen molar-refractivity contribution in [2.75, 3.05) is 6.54 Å². The van der Waals surface area contributed by atoms with Gasteiger partial charge in [-0.1, -0.05) is 0 Å². The second-order valence-corrected chi connectivity index (χ2v) is 4.28. The molecule has 0 aliphatic heterocycles. The first-order chi connectivity index (χ1) is 7.98. The van der Waals surface area contributed by atoms with Crippen molar-refractivity contribution in [1.29, 1.82) is 0 Å². The van der Waals surface area contributed by atoms with Gasteiger partial charge < -0.3 is 9.52 Å². The van der Waals surface area contributed by atoms with Crippen LogP contribution in [0.1, 0.15) is 24.4 Å². The van der Waals surface area contributed by atoms with Crippen LogP contribution in [0.25, 0.3) is 0 Å². The minimum Gasteiger partial charge on any atom is -0.462 e. The van der Waals surface area contributed by atoms with E-state index in [0.29, 0.717) is 11.5 Å². The van der Waals surface area contributed by atoms with E-state index in [1.54, 1.807) is 12.1 Å². The summed E-state index contributed by atoms with van der Waals surface area (Å²) < 4.78 is 42.3. The fourth-order valence-corrected chi connectivity index (χ4v) is 1.78. The summed E-state index contributed by atoms with van der Waals surface area (Å²) in [4.78, 5) is 1.37. The largest absolute Gasteiger partial charge is 0.462 e. The van der Waals surface area contributed by atoms with Gasteiger partial charge in [0.05, 0.1) is 13.1 Å². The molecule has 1 saturated carbocycles. The molecule has 0 atom stereocenters. The molecule has 17 heavy (non-hydrogen) atoms. The lowest BCUT2D eigenvalue weighted by Crippen LogP contribution is -2.35. The number of hydrogen-bond acceptors (Lipinski definition) is 3. The highest BCUT2D eigenvalue weighted by Crippen LogP contribution is 2.31. The lowest BCUT2D eigenvalue weighted by molar-refractivity contribution is -0.148. The number of nitrogens with zero attached hydrogens (tertiary/aromatic N) is 1. The van der Waals surface area contributed by atoms with E-state index in [0.717, 1.165) is 12.8 Å². The maximum atomic E-state index is 12.4. The van der Waals surface area contributed by atoms with Gasteiger partial charge in [0.1, 0.15) is 18.1 Å². The van der Waals surface area contributed by atoms with E-state index in [1.165, 1.54) is 4.90 Å². The average Bonchev–Trinajstić information content (AvgIpc) is 2.97. The molecule has 0 amide bonds. The monoisotopic (exact) mass is 249 g/mol. The Balaban J connectivity index is 1.97. The van der Waals surface area contributed by atoms with Crippen molar-refractivity contribution in [3.05, 3.63) is 23.7 Å². The molecule has 1 aromatic rings. The Morgan fingerprint density at radius 1 is 1.29 bits per heavy atom. The number of alkyl halides is 3. The van der Waals surface area contributed by atoms with Crippen LogP contribution in [0, 0.1) is 0 Å². The first-order valence-corrected chi connectivity index (χ1v) is 5.47. The van der Waals surface area contributed by atoms with Gasteiger partial charge in [-0.15, -0.1) is 0 Å². The summed E-state index contributed by atoms with van der Waals surface area (Å²) in [6.07, 6.45) is -2.57. The molecule has 0 bridgehead atoms. The van der Waals surface area contributed by atoms with Crippen LogP contribution in [0.4, 0.5) is 13.2 Å². The summed E-state index contributed by atoms with van der Waals surface area (Å²) in [5.41, 5.74) is 0. The van der Waals surface area contributed by atoms with Gasteiger partial charge in [0.15, 0.2) is 0 Å². The molecule has 0 saturated heterocycles. The van der Waals surface area contributed by atoms with E-state index in [2.05, 4.69) is 0 Å². The van der Waals surface area contributed by atoms with Crippen molar-refractivity contribution in [2.45, 2.75) is 38.2 Å². The summed E-state index contributed by atoms with van der Waals surface area (Å²) in [6, 6.07) is 3.20. The van der Waals surface area contributed by atoms with Crippen LogP contribution in [0.3, 0.4) is 0 Å². The minimum absolute atomic E-state index is 0.0132. The molecule has 6 heteroatoms. The van der Waals surface area contributed by atoms with Crippen LogP contribution in [0.5, 0.6) is 0 Å². The molecule has 2 rings (SSSR count). The van der Waals surface area contributed by atoms with Crippen LogP contribution < -0.4 is 0 Å². The number of halogens is 3. The highest BCUT2D eigenvalue weighted by molar-refractivity contribution is 5.07. The second-order valence-electron chi connectivity index (χ2n) is 4.28. The van der Waals surface area contributed by atoms with E-state index >= 15 is 0 Å². The van der Waals surface area contributed by atoms with Gasteiger partial charge in [0.25, 0.3) is 0 Å². The molecule has 1 aliphatic carbocycles. The van der Waals surface area contributed by atoms with E-state index in [4.69, 9.17) is 9.52 Å². The van der Waals surface area contributed by atoms with Crippen LogP contribution in [-0.4, -0.2) is 28.8 Å². The summed E-state index contributed by atoms with van der Waals surface area (Å²) in [6.45, 7) is -1.00. The summed E-state index contributed by atoms with van der Waals surface area (Å²) >= 11 is 0. The topological polar surface area (TPSA) is 36.6 Å². The van der Waals surface area contributed by atoms with Gasteiger partial charge in [0, 0.05) is 6.04 Å². The predicted molar refractivity (Wildman–Crippen MR) is 54.1 cm³/mol. The van der Waals surface area contributed by atoms with Gasteiger partial charge in [-0.05, 0) is 25.0 Å². The van der Waals surface area contributed by atoms with Crippen LogP contribution in [0.2, 0.25) is 0 Å². The maximum absolute atomic E-state index is 12.4. The zero-order valence-corrected chi connectivity index (χ0v) is 9.20. The van der Waals surface area contributed by atoms with Gasteiger partial charge in [-0.2, -0.15) is 13.2 Å². The Kier molecular flexibility index (Phi) is 3.44. The van der Waals surface area contributed by atoms with Crippen molar-refractivity contribution < 1.29 is 22.7 Å². The summed E-state index contributed by atoms with van der Waals surface area (Å²) in [5.74, 6) is 0.841. The number of aliphatic hydroxyl groups excluding tert-OH is 1. The molecule has 1 aromatic heterocycles. The first-order valence-electron chi connectivity index (χ1n) is 5.47. The zero-order chi connectivity index (χ0) is 12.5. The molecule has 1 aliphatic rings. The molecular formula is C11H14F3NO2. The SMILES string of the molecule is OCc1ccc(CN(CC(F)(F)F)C2CC2)o1. The number of hydrogen-bond donors (Lipinski definition) is 1. The molecule has 0 aromatic carbocycles. The van der Waals surface area contributed by atoms with Crippen LogP contribution in [-0.2, 0) is 13.2 Å². The highest BCUT2D eigenvalue weighted by atomic mass is 19.4. The Bertz CT molecular complexity index is 371. The van der Waals surface area contributed by atoms with Crippen molar-refractivity contribution in [2.24, 2.45) is 0 Å². The van der Waals surface area contributed by atoms with Gasteiger partial charge in [-0.25, -0.2) is 0 Å².